The predicted octanol–water partition coefficient (Wildman–Crippen LogP) is 2.54. The van der Waals surface area contributed by atoms with E-state index in [9.17, 15) is 9.18 Å². The molecule has 0 unspecified atom stereocenters. The summed E-state index contributed by atoms with van der Waals surface area (Å²) < 4.78 is 15.4. The monoisotopic (exact) mass is 467 g/mol. The first-order valence-electron chi connectivity index (χ1n) is 9.58. The van der Waals surface area contributed by atoms with E-state index in [1.54, 1.807) is 18.5 Å². The van der Waals surface area contributed by atoms with Crippen LogP contribution in [0.15, 0.2) is 35.4 Å². The quantitative estimate of drug-likeness (QED) is 0.399. The van der Waals surface area contributed by atoms with E-state index in [-0.39, 0.29) is 39.1 Å². The molecule has 1 aromatic carbocycles. The van der Waals surface area contributed by atoms with Crippen molar-refractivity contribution >= 4 is 40.1 Å². The van der Waals surface area contributed by atoms with Crippen LogP contribution >= 0.6 is 11.6 Å². The van der Waals surface area contributed by atoms with E-state index in [2.05, 4.69) is 19.9 Å². The largest absolute Gasteiger partial charge is 0.382 e. The molecule has 12 heteroatoms. The Bertz CT molecular complexity index is 1440. The van der Waals surface area contributed by atoms with Crippen molar-refractivity contribution in [2.75, 3.05) is 17.2 Å². The fourth-order valence-electron chi connectivity index (χ4n) is 3.06. The first-order valence-corrected chi connectivity index (χ1v) is 9.95. The summed E-state index contributed by atoms with van der Waals surface area (Å²) >= 11 is 6.08. The molecule has 33 heavy (non-hydrogen) atoms. The van der Waals surface area contributed by atoms with Crippen LogP contribution in [0.4, 0.5) is 22.0 Å². The minimum Gasteiger partial charge on any atom is -0.382 e. The molecule has 3 aromatic heterocycles. The van der Waals surface area contributed by atoms with Gasteiger partial charge in [0.25, 0.3) is 5.56 Å². The number of anilines is 3. The van der Waals surface area contributed by atoms with Crippen LogP contribution in [0.2, 0.25) is 5.02 Å². The van der Waals surface area contributed by atoms with Crippen molar-refractivity contribution in [2.45, 2.75) is 20.3 Å². The van der Waals surface area contributed by atoms with Gasteiger partial charge in [0.1, 0.15) is 40.4 Å². The number of nitrogens with two attached hydrogens (primary N) is 3. The standard InChI is InChI=1S/C16H13ClFN3O.C5H6N6/c1-3-13-20-15-12(18)5-4-11(17)14(15)16(22)21(13)10-6-9(2)7-19-8-10;6-1-2-3(7)10-5(9)11-4(2)8/h4-8H,3H2,1-2H3;(H6,7,8,9,10,11). The number of nitrogens with zero attached hydrogens (tertiary/aromatic N) is 6. The van der Waals surface area contributed by atoms with Gasteiger partial charge in [-0.25, -0.2) is 9.37 Å². The molecule has 0 amide bonds. The summed E-state index contributed by atoms with van der Waals surface area (Å²) in [5.74, 6) is -0.0965. The SMILES string of the molecule is CCc1nc2c(F)ccc(Cl)c2c(=O)n1-c1cncc(C)c1.N#Cc1c(N)nc(N)nc1N. The lowest BCUT2D eigenvalue weighted by molar-refractivity contribution is 0.634. The third-order valence-corrected chi connectivity index (χ3v) is 4.84. The number of fused-ring (bicyclic) bond motifs is 1. The summed E-state index contributed by atoms with van der Waals surface area (Å²) in [6.45, 7) is 3.74. The van der Waals surface area contributed by atoms with Crippen molar-refractivity contribution in [3.63, 3.8) is 0 Å². The van der Waals surface area contributed by atoms with Gasteiger partial charge in [0, 0.05) is 12.6 Å². The summed E-state index contributed by atoms with van der Waals surface area (Å²) in [4.78, 5) is 28.3. The van der Waals surface area contributed by atoms with Gasteiger partial charge in [-0.15, -0.1) is 0 Å². The average Bonchev–Trinajstić information content (AvgIpc) is 2.76. The number of aromatic nitrogens is 5. The molecule has 0 aliphatic rings. The van der Waals surface area contributed by atoms with E-state index in [0.29, 0.717) is 17.9 Å². The number of nitriles is 1. The lowest BCUT2D eigenvalue weighted by Gasteiger charge is -2.13. The Hall–Kier alpha value is -4.30. The van der Waals surface area contributed by atoms with Gasteiger partial charge in [-0.05, 0) is 30.7 Å². The number of nitrogen functional groups attached to an aromatic ring is 3. The highest BCUT2D eigenvalue weighted by molar-refractivity contribution is 6.35. The van der Waals surface area contributed by atoms with Crippen molar-refractivity contribution in [2.24, 2.45) is 0 Å². The van der Waals surface area contributed by atoms with Crippen molar-refractivity contribution in [1.82, 2.24) is 24.5 Å². The molecular formula is C21H19ClFN9O. The molecule has 0 spiro atoms. The third kappa shape index (κ3) is 4.65. The molecule has 0 radical (unpaired) electrons. The zero-order valence-corrected chi connectivity index (χ0v) is 18.4. The lowest BCUT2D eigenvalue weighted by atomic mass is 10.2. The van der Waals surface area contributed by atoms with Crippen LogP contribution in [0.5, 0.6) is 0 Å². The molecule has 4 rings (SSSR count). The Morgan fingerprint density at radius 3 is 2.39 bits per heavy atom. The van der Waals surface area contributed by atoms with Gasteiger partial charge >= 0.3 is 0 Å². The number of hydrogen-bond donors (Lipinski definition) is 3. The number of rotatable bonds is 2. The molecular weight excluding hydrogens is 449 g/mol. The second-order valence-electron chi connectivity index (χ2n) is 6.83. The predicted molar refractivity (Wildman–Crippen MR) is 124 cm³/mol. The molecule has 0 atom stereocenters. The minimum absolute atomic E-state index is 0.00575. The Morgan fingerprint density at radius 1 is 1.15 bits per heavy atom. The lowest BCUT2D eigenvalue weighted by Crippen LogP contribution is -2.24. The second kappa shape index (κ2) is 9.46. The average molecular weight is 468 g/mol. The van der Waals surface area contributed by atoms with Crippen molar-refractivity contribution in [3.05, 3.63) is 68.7 Å². The van der Waals surface area contributed by atoms with E-state index >= 15 is 0 Å². The number of aryl methyl sites for hydroxylation is 2. The first-order chi connectivity index (χ1) is 15.7. The third-order valence-electron chi connectivity index (χ3n) is 4.52. The molecule has 0 fully saturated rings. The first kappa shape index (κ1) is 23.4. The van der Waals surface area contributed by atoms with Gasteiger partial charge in [0.2, 0.25) is 5.95 Å². The normalized spacial score (nSPS) is 10.4. The molecule has 10 nitrogen and oxygen atoms in total. The molecule has 6 N–H and O–H groups in total. The summed E-state index contributed by atoms with van der Waals surface area (Å²) in [6.07, 6.45) is 3.75. The van der Waals surface area contributed by atoms with Gasteiger partial charge in [0.15, 0.2) is 0 Å². The van der Waals surface area contributed by atoms with E-state index in [0.717, 1.165) is 5.56 Å². The van der Waals surface area contributed by atoms with Crippen LogP contribution in [-0.4, -0.2) is 24.5 Å². The van der Waals surface area contributed by atoms with Crippen LogP contribution in [0.25, 0.3) is 16.6 Å². The second-order valence-corrected chi connectivity index (χ2v) is 7.24. The molecule has 0 aliphatic carbocycles. The highest BCUT2D eigenvalue weighted by Gasteiger charge is 2.17. The van der Waals surface area contributed by atoms with Crippen LogP contribution in [0.3, 0.4) is 0 Å². The van der Waals surface area contributed by atoms with Crippen molar-refractivity contribution < 1.29 is 4.39 Å². The smallest absolute Gasteiger partial charge is 0.267 e. The molecule has 0 bridgehead atoms. The van der Waals surface area contributed by atoms with E-state index in [1.807, 2.05) is 19.9 Å². The van der Waals surface area contributed by atoms with Crippen LogP contribution in [0, 0.1) is 24.1 Å². The maximum absolute atomic E-state index is 14.0. The highest BCUT2D eigenvalue weighted by Crippen LogP contribution is 2.23. The summed E-state index contributed by atoms with van der Waals surface area (Å²) in [6, 6.07) is 6.17. The van der Waals surface area contributed by atoms with Gasteiger partial charge in [-0.3, -0.25) is 14.3 Å². The highest BCUT2D eigenvalue weighted by atomic mass is 35.5. The molecule has 4 aromatic rings. The molecule has 0 aliphatic heterocycles. The molecule has 0 saturated carbocycles. The Morgan fingerprint density at radius 2 is 1.82 bits per heavy atom. The molecule has 0 saturated heterocycles. The summed E-state index contributed by atoms with van der Waals surface area (Å²) in [5, 5.41) is 8.73. The van der Waals surface area contributed by atoms with Gasteiger partial charge in [-0.1, -0.05) is 18.5 Å². The van der Waals surface area contributed by atoms with E-state index in [1.165, 1.54) is 16.7 Å². The van der Waals surface area contributed by atoms with Crippen molar-refractivity contribution in [3.8, 4) is 11.8 Å². The Kier molecular flexibility index (Phi) is 6.69. The van der Waals surface area contributed by atoms with E-state index in [4.69, 9.17) is 34.1 Å². The molecule has 168 valence electrons. The zero-order valence-electron chi connectivity index (χ0n) is 17.7. The van der Waals surface area contributed by atoms with Gasteiger partial charge < -0.3 is 17.2 Å². The topological polar surface area (TPSA) is 175 Å². The Balaban J connectivity index is 0.000000235. The summed E-state index contributed by atoms with van der Waals surface area (Å²) in [7, 11) is 0. The van der Waals surface area contributed by atoms with Gasteiger partial charge in [-0.2, -0.15) is 15.2 Å². The Labute approximate surface area is 192 Å². The maximum atomic E-state index is 14.0. The van der Waals surface area contributed by atoms with Gasteiger partial charge in [0.05, 0.1) is 22.3 Å². The number of halogens is 2. The van der Waals surface area contributed by atoms with Crippen LogP contribution in [0.1, 0.15) is 23.9 Å². The zero-order chi connectivity index (χ0) is 24.3. The number of benzene rings is 1. The van der Waals surface area contributed by atoms with E-state index < -0.39 is 11.4 Å². The summed E-state index contributed by atoms with van der Waals surface area (Å²) in [5.41, 5.74) is 17.0. The van der Waals surface area contributed by atoms with Crippen molar-refractivity contribution in [1.29, 1.82) is 5.26 Å². The minimum atomic E-state index is -0.555. The number of hydrogen-bond acceptors (Lipinski definition) is 9. The maximum Gasteiger partial charge on any atom is 0.267 e. The van der Waals surface area contributed by atoms with Crippen LogP contribution in [-0.2, 0) is 6.42 Å². The molecule has 3 heterocycles. The fraction of sp³-hybridized carbons (Fsp3) is 0.143. The number of pyridine rings is 1. The van der Waals surface area contributed by atoms with Crippen LogP contribution < -0.4 is 22.8 Å². The fourth-order valence-corrected chi connectivity index (χ4v) is 3.29.